The molecule has 0 atom stereocenters. The lowest BCUT2D eigenvalue weighted by molar-refractivity contribution is -0.115. The van der Waals surface area contributed by atoms with Gasteiger partial charge in [-0.25, -0.2) is 0 Å². The van der Waals surface area contributed by atoms with E-state index in [4.69, 9.17) is 0 Å². The van der Waals surface area contributed by atoms with Crippen molar-refractivity contribution < 1.29 is 4.79 Å². The molecule has 0 aliphatic rings. The zero-order valence-electron chi connectivity index (χ0n) is 16.8. The predicted molar refractivity (Wildman–Crippen MR) is 101 cm³/mol. The number of hydrogen-bond donors (Lipinski definition) is 1. The van der Waals surface area contributed by atoms with E-state index in [1.54, 1.807) is 0 Å². The van der Waals surface area contributed by atoms with E-state index >= 15 is 0 Å². The summed E-state index contributed by atoms with van der Waals surface area (Å²) in [6.45, 7) is 21.9. The first-order valence-corrected chi connectivity index (χ1v) is 8.67. The highest BCUT2D eigenvalue weighted by atomic mass is 16.1. The fourth-order valence-corrected chi connectivity index (χ4v) is 2.62. The molecule has 0 heterocycles. The van der Waals surface area contributed by atoms with Gasteiger partial charge in [0.2, 0.25) is 5.91 Å². The molecule has 23 heavy (non-hydrogen) atoms. The fraction of sp³-hybridized carbons (Fsp3) is 0.667. The van der Waals surface area contributed by atoms with Crippen LogP contribution in [0.5, 0.6) is 0 Å². The summed E-state index contributed by atoms with van der Waals surface area (Å²) in [6, 6.07) is 4.56. The third-order valence-corrected chi connectivity index (χ3v) is 4.21. The average molecular weight is 318 g/mol. The topological polar surface area (TPSA) is 29.1 Å². The van der Waals surface area contributed by atoms with Crippen LogP contribution in [0.3, 0.4) is 0 Å². The van der Waals surface area contributed by atoms with Gasteiger partial charge in [-0.15, -0.1) is 0 Å². The molecule has 0 saturated heterocycles. The molecule has 1 aromatic rings. The van der Waals surface area contributed by atoms with Gasteiger partial charge in [0.1, 0.15) is 0 Å². The van der Waals surface area contributed by atoms with Crippen molar-refractivity contribution >= 4 is 11.6 Å². The van der Waals surface area contributed by atoms with Crippen LogP contribution < -0.4 is 5.32 Å². The Hall–Kier alpha value is -1.31. The Balaban J connectivity index is 3.78. The molecule has 0 aliphatic heterocycles. The monoisotopic (exact) mass is 317 g/mol. The van der Waals surface area contributed by atoms with Gasteiger partial charge >= 0.3 is 0 Å². The molecule has 0 radical (unpaired) electrons. The third kappa shape index (κ3) is 4.83. The minimum absolute atomic E-state index is 0.0301. The smallest absolute Gasteiger partial charge is 0.224 e. The molecular formula is C21H35NO. The number of nitrogens with one attached hydrogen (secondary N) is 1. The van der Waals surface area contributed by atoms with E-state index in [0.29, 0.717) is 6.42 Å². The van der Waals surface area contributed by atoms with Gasteiger partial charge in [-0.1, -0.05) is 81.4 Å². The van der Waals surface area contributed by atoms with E-state index in [-0.39, 0.29) is 22.2 Å². The quantitative estimate of drug-likeness (QED) is 0.720. The van der Waals surface area contributed by atoms with Crippen molar-refractivity contribution in [3.8, 4) is 0 Å². The van der Waals surface area contributed by atoms with Crippen LogP contribution in [-0.4, -0.2) is 5.91 Å². The molecule has 0 aliphatic carbocycles. The highest BCUT2D eigenvalue weighted by Gasteiger charge is 2.29. The van der Waals surface area contributed by atoms with E-state index in [9.17, 15) is 4.79 Å². The number of amides is 1. The van der Waals surface area contributed by atoms with Gasteiger partial charge in [0.15, 0.2) is 0 Å². The Bertz CT molecular complexity index is 542. The molecule has 1 amide bonds. The molecular weight excluding hydrogens is 282 g/mol. The largest absolute Gasteiger partial charge is 0.326 e. The second-order valence-electron chi connectivity index (χ2n) is 9.60. The minimum atomic E-state index is -0.0301. The van der Waals surface area contributed by atoms with Gasteiger partial charge in [-0.2, -0.15) is 0 Å². The lowest BCUT2D eigenvalue weighted by Crippen LogP contribution is -2.25. The Kier molecular flexibility index (Phi) is 5.40. The van der Waals surface area contributed by atoms with Crippen LogP contribution in [0.4, 0.5) is 5.69 Å². The van der Waals surface area contributed by atoms with Crippen molar-refractivity contribution in [3.05, 3.63) is 28.8 Å². The maximum absolute atomic E-state index is 12.1. The van der Waals surface area contributed by atoms with E-state index in [1.165, 1.54) is 16.7 Å². The van der Waals surface area contributed by atoms with E-state index in [2.05, 4.69) is 79.8 Å². The van der Waals surface area contributed by atoms with Crippen molar-refractivity contribution in [2.75, 3.05) is 5.32 Å². The number of benzene rings is 1. The molecule has 1 N–H and O–H groups in total. The summed E-state index contributed by atoms with van der Waals surface area (Å²) in [4.78, 5) is 12.1. The van der Waals surface area contributed by atoms with Crippen molar-refractivity contribution in [3.63, 3.8) is 0 Å². The van der Waals surface area contributed by atoms with Crippen molar-refractivity contribution in [1.29, 1.82) is 0 Å². The lowest BCUT2D eigenvalue weighted by atomic mass is 9.74. The maximum Gasteiger partial charge on any atom is 0.224 e. The first kappa shape index (κ1) is 19.7. The summed E-state index contributed by atoms with van der Waals surface area (Å²) in [5, 5.41) is 3.18. The maximum atomic E-state index is 12.1. The lowest BCUT2D eigenvalue weighted by Gasteiger charge is -2.33. The van der Waals surface area contributed by atoms with Crippen LogP contribution in [0.25, 0.3) is 0 Å². The second-order valence-corrected chi connectivity index (χ2v) is 9.60. The highest BCUT2D eigenvalue weighted by molar-refractivity contribution is 5.93. The van der Waals surface area contributed by atoms with Crippen LogP contribution in [0.15, 0.2) is 12.1 Å². The normalized spacial score (nSPS) is 13.1. The number of anilines is 1. The first-order valence-electron chi connectivity index (χ1n) is 8.67. The van der Waals surface area contributed by atoms with Crippen LogP contribution in [0, 0.1) is 0 Å². The van der Waals surface area contributed by atoms with Gasteiger partial charge in [0.05, 0.1) is 0 Å². The minimum Gasteiger partial charge on any atom is -0.326 e. The van der Waals surface area contributed by atoms with Gasteiger partial charge in [-0.05, 0) is 32.9 Å². The number of hydrogen-bond acceptors (Lipinski definition) is 1. The molecule has 1 aromatic carbocycles. The van der Waals surface area contributed by atoms with Crippen LogP contribution in [0.2, 0.25) is 0 Å². The van der Waals surface area contributed by atoms with Gasteiger partial charge < -0.3 is 5.32 Å². The molecule has 0 bridgehead atoms. The molecule has 0 aromatic heterocycles. The van der Waals surface area contributed by atoms with Crippen LogP contribution in [0.1, 0.15) is 92.3 Å². The Morgan fingerprint density at radius 2 is 1.22 bits per heavy atom. The summed E-state index contributed by atoms with van der Waals surface area (Å²) >= 11 is 0. The van der Waals surface area contributed by atoms with Crippen LogP contribution in [-0.2, 0) is 21.0 Å². The summed E-state index contributed by atoms with van der Waals surface area (Å²) in [5.74, 6) is 0.0736. The summed E-state index contributed by atoms with van der Waals surface area (Å²) in [5.41, 5.74) is 4.78. The Morgan fingerprint density at radius 3 is 1.48 bits per heavy atom. The van der Waals surface area contributed by atoms with Gasteiger partial charge in [-0.3, -0.25) is 4.79 Å². The SMILES string of the molecule is CCC(=O)Nc1c(C(C)(C)C)cc(C(C)(C)C)cc1C(C)(C)C. The average Bonchev–Trinajstić information content (AvgIpc) is 2.34. The number of carbonyl (C=O) groups excluding carboxylic acids is 1. The molecule has 0 spiro atoms. The highest BCUT2D eigenvalue weighted by Crippen LogP contribution is 2.41. The molecule has 1 rings (SSSR count). The van der Waals surface area contributed by atoms with Gasteiger partial charge in [0.25, 0.3) is 0 Å². The first-order chi connectivity index (χ1) is 10.2. The predicted octanol–water partition coefficient (Wildman–Crippen LogP) is 5.93. The standard InChI is InChI=1S/C21H35NO/c1-11-17(23)22-18-15(20(5,6)7)12-14(19(2,3)4)13-16(18)21(8,9)10/h12-13H,11H2,1-10H3,(H,22,23). The van der Waals surface area contributed by atoms with E-state index in [0.717, 1.165) is 5.69 Å². The molecule has 0 fully saturated rings. The summed E-state index contributed by atoms with van der Waals surface area (Å²) in [6.07, 6.45) is 0.494. The molecule has 0 unspecified atom stereocenters. The fourth-order valence-electron chi connectivity index (χ4n) is 2.62. The zero-order valence-corrected chi connectivity index (χ0v) is 16.8. The molecule has 2 heteroatoms. The summed E-state index contributed by atoms with van der Waals surface area (Å²) < 4.78 is 0. The summed E-state index contributed by atoms with van der Waals surface area (Å²) in [7, 11) is 0. The Labute approximate surface area is 143 Å². The zero-order chi connectivity index (χ0) is 18.2. The van der Waals surface area contributed by atoms with Crippen molar-refractivity contribution in [2.24, 2.45) is 0 Å². The molecule has 2 nitrogen and oxygen atoms in total. The molecule has 130 valence electrons. The Morgan fingerprint density at radius 1 is 0.826 bits per heavy atom. The second kappa shape index (κ2) is 6.30. The van der Waals surface area contributed by atoms with E-state index < -0.39 is 0 Å². The molecule has 0 saturated carbocycles. The van der Waals surface area contributed by atoms with Crippen LogP contribution >= 0.6 is 0 Å². The van der Waals surface area contributed by atoms with Crippen molar-refractivity contribution in [2.45, 2.75) is 91.9 Å². The number of rotatable bonds is 2. The number of carbonyl (C=O) groups is 1. The van der Waals surface area contributed by atoms with E-state index in [1.807, 2.05) is 6.92 Å². The third-order valence-electron chi connectivity index (χ3n) is 4.21. The van der Waals surface area contributed by atoms with Gasteiger partial charge in [0, 0.05) is 12.1 Å². The van der Waals surface area contributed by atoms with Crippen molar-refractivity contribution in [1.82, 2.24) is 0 Å².